The monoisotopic (exact) mass is 404 g/mol. The number of ether oxygens (including phenoxy) is 1. The summed E-state index contributed by atoms with van der Waals surface area (Å²) in [5.74, 6) is 0. The molecule has 8 nitrogen and oxygen atoms in total. The molecule has 154 valence electrons. The zero-order valence-corrected chi connectivity index (χ0v) is 17.4. The summed E-state index contributed by atoms with van der Waals surface area (Å²) in [5, 5.41) is 14.0. The van der Waals surface area contributed by atoms with Gasteiger partial charge in [0, 0.05) is 35.6 Å². The Bertz CT molecular complexity index is 1190. The smallest absolute Gasteiger partial charge is 0.407 e. The first-order valence-electron chi connectivity index (χ1n) is 9.69. The van der Waals surface area contributed by atoms with Gasteiger partial charge in [-0.3, -0.25) is 5.10 Å². The number of nitrogens with one attached hydrogen (secondary N) is 2. The number of amides is 1. The van der Waals surface area contributed by atoms with Crippen molar-refractivity contribution < 1.29 is 9.53 Å². The van der Waals surface area contributed by atoms with E-state index in [0.717, 1.165) is 39.0 Å². The Morgan fingerprint density at radius 3 is 2.73 bits per heavy atom. The van der Waals surface area contributed by atoms with Crippen molar-refractivity contribution in [2.45, 2.75) is 39.8 Å². The van der Waals surface area contributed by atoms with E-state index >= 15 is 0 Å². The molecule has 0 fully saturated rings. The first kappa shape index (κ1) is 19.6. The molecule has 1 aromatic carbocycles. The van der Waals surface area contributed by atoms with E-state index in [2.05, 4.69) is 31.7 Å². The number of hydrogen-bond donors (Lipinski definition) is 2. The second-order valence-corrected chi connectivity index (χ2v) is 8.15. The van der Waals surface area contributed by atoms with Crippen LogP contribution in [0.2, 0.25) is 0 Å². The van der Waals surface area contributed by atoms with E-state index in [-0.39, 0.29) is 0 Å². The molecule has 4 rings (SSSR count). The molecule has 0 unspecified atom stereocenters. The number of benzene rings is 1. The lowest BCUT2D eigenvalue weighted by molar-refractivity contribution is 0.0523. The van der Waals surface area contributed by atoms with Gasteiger partial charge in [-0.25, -0.2) is 14.3 Å². The Hall–Kier alpha value is -3.68. The van der Waals surface area contributed by atoms with Gasteiger partial charge in [0.15, 0.2) is 0 Å². The zero-order valence-electron chi connectivity index (χ0n) is 17.4. The summed E-state index contributed by atoms with van der Waals surface area (Å²) in [4.78, 5) is 16.4. The predicted molar refractivity (Wildman–Crippen MR) is 114 cm³/mol. The highest BCUT2D eigenvalue weighted by Gasteiger charge is 2.16. The third kappa shape index (κ3) is 4.17. The topological polar surface area (TPSA) is 97.2 Å². The van der Waals surface area contributed by atoms with Crippen molar-refractivity contribution in [3.8, 4) is 22.4 Å². The second kappa shape index (κ2) is 7.62. The third-order valence-corrected chi connectivity index (χ3v) is 4.68. The minimum absolute atomic E-state index is 0.399. The number of alkyl carbamates (subject to hydrolysis) is 1. The quantitative estimate of drug-likeness (QED) is 0.533. The molecular formula is C22H24N6O2. The number of carbonyl (C=O) groups is 1. The molecule has 8 heteroatoms. The maximum absolute atomic E-state index is 11.9. The van der Waals surface area contributed by atoms with Gasteiger partial charge in [0.25, 0.3) is 0 Å². The summed E-state index contributed by atoms with van der Waals surface area (Å²) in [6.45, 7) is 7.94. The van der Waals surface area contributed by atoms with Crippen LogP contribution in [0.5, 0.6) is 0 Å². The van der Waals surface area contributed by atoms with E-state index in [4.69, 9.17) is 4.74 Å². The van der Waals surface area contributed by atoms with Gasteiger partial charge in [0.05, 0.1) is 17.4 Å². The fourth-order valence-electron chi connectivity index (χ4n) is 3.24. The van der Waals surface area contributed by atoms with Crippen LogP contribution in [0.4, 0.5) is 4.79 Å². The third-order valence-electron chi connectivity index (χ3n) is 4.68. The Morgan fingerprint density at radius 1 is 1.20 bits per heavy atom. The molecule has 3 heterocycles. The lowest BCUT2D eigenvalue weighted by Gasteiger charge is -2.20. The van der Waals surface area contributed by atoms with Crippen LogP contribution in [0, 0.1) is 6.92 Å². The molecule has 2 N–H and O–H groups in total. The molecule has 0 aliphatic rings. The maximum Gasteiger partial charge on any atom is 0.407 e. The van der Waals surface area contributed by atoms with Crippen molar-refractivity contribution in [3.05, 3.63) is 60.3 Å². The average molecular weight is 404 g/mol. The van der Waals surface area contributed by atoms with E-state index in [0.29, 0.717) is 6.54 Å². The van der Waals surface area contributed by atoms with Crippen molar-refractivity contribution in [1.82, 2.24) is 30.1 Å². The summed E-state index contributed by atoms with van der Waals surface area (Å²) in [6.07, 6.45) is 6.70. The van der Waals surface area contributed by atoms with Crippen molar-refractivity contribution in [2.75, 3.05) is 0 Å². The summed E-state index contributed by atoms with van der Waals surface area (Å²) in [6, 6.07) is 8.12. The summed E-state index contributed by atoms with van der Waals surface area (Å²) in [5.41, 5.74) is 6.30. The van der Waals surface area contributed by atoms with Gasteiger partial charge in [0.2, 0.25) is 0 Å². The summed E-state index contributed by atoms with van der Waals surface area (Å²) >= 11 is 0. The maximum atomic E-state index is 11.9. The van der Waals surface area contributed by atoms with E-state index in [1.165, 1.54) is 0 Å². The summed E-state index contributed by atoms with van der Waals surface area (Å²) < 4.78 is 7.11. The van der Waals surface area contributed by atoms with E-state index in [9.17, 15) is 4.79 Å². The Kier molecular flexibility index (Phi) is 4.99. The highest BCUT2D eigenvalue weighted by molar-refractivity contribution is 5.81. The van der Waals surface area contributed by atoms with Gasteiger partial charge in [-0.1, -0.05) is 12.1 Å². The molecule has 30 heavy (non-hydrogen) atoms. The number of aryl methyl sites for hydroxylation is 1. The predicted octanol–water partition coefficient (Wildman–Crippen LogP) is 4.12. The molecule has 0 saturated heterocycles. The average Bonchev–Trinajstić information content (AvgIpc) is 3.34. The van der Waals surface area contributed by atoms with E-state index in [1.807, 2.05) is 62.8 Å². The number of carbonyl (C=O) groups excluding carboxylic acids is 1. The standard InChI is InChI=1S/C22H24N6O2/c1-14-7-15(5-6-16(14)9-23-21(29)30-22(2,3)4)20-19-8-17(18-10-25-26-11-18)12-28(19)27-13-24-20/h5-8,10-13H,9H2,1-4H3,(H,23,29)(H,25,26). The molecule has 1 amide bonds. The van der Waals surface area contributed by atoms with Crippen molar-refractivity contribution >= 4 is 11.6 Å². The highest BCUT2D eigenvalue weighted by atomic mass is 16.6. The molecule has 0 atom stereocenters. The number of hydrogen-bond acceptors (Lipinski definition) is 5. The zero-order chi connectivity index (χ0) is 21.3. The molecule has 0 saturated carbocycles. The lowest BCUT2D eigenvalue weighted by atomic mass is 10.0. The van der Waals surface area contributed by atoms with E-state index in [1.54, 1.807) is 12.5 Å². The number of aromatic nitrogens is 5. The Morgan fingerprint density at radius 2 is 2.03 bits per heavy atom. The fourth-order valence-corrected chi connectivity index (χ4v) is 3.24. The first-order valence-corrected chi connectivity index (χ1v) is 9.69. The highest BCUT2D eigenvalue weighted by Crippen LogP contribution is 2.28. The molecule has 0 radical (unpaired) electrons. The van der Waals surface area contributed by atoms with Crippen molar-refractivity contribution in [3.63, 3.8) is 0 Å². The number of aromatic amines is 1. The Balaban J connectivity index is 1.58. The minimum Gasteiger partial charge on any atom is -0.444 e. The van der Waals surface area contributed by atoms with Crippen LogP contribution in [0.1, 0.15) is 31.9 Å². The number of rotatable bonds is 4. The van der Waals surface area contributed by atoms with Gasteiger partial charge >= 0.3 is 6.09 Å². The first-order chi connectivity index (χ1) is 14.3. The van der Waals surface area contributed by atoms with Gasteiger partial charge in [-0.2, -0.15) is 10.2 Å². The molecule has 0 bridgehead atoms. The van der Waals surface area contributed by atoms with Crippen molar-refractivity contribution in [1.29, 1.82) is 0 Å². The van der Waals surface area contributed by atoms with Gasteiger partial charge in [-0.05, 0) is 51.0 Å². The number of fused-ring (bicyclic) bond motifs is 1. The van der Waals surface area contributed by atoms with Crippen LogP contribution >= 0.6 is 0 Å². The Labute approximate surface area is 174 Å². The van der Waals surface area contributed by atoms with Crippen LogP contribution in [-0.2, 0) is 11.3 Å². The second-order valence-electron chi connectivity index (χ2n) is 8.15. The van der Waals surface area contributed by atoms with E-state index < -0.39 is 11.7 Å². The van der Waals surface area contributed by atoms with Gasteiger partial charge < -0.3 is 10.1 Å². The summed E-state index contributed by atoms with van der Waals surface area (Å²) in [7, 11) is 0. The fraction of sp³-hybridized carbons (Fsp3) is 0.273. The van der Waals surface area contributed by atoms with Crippen LogP contribution in [-0.4, -0.2) is 36.5 Å². The molecular weight excluding hydrogens is 380 g/mol. The molecule has 3 aromatic heterocycles. The SMILES string of the molecule is Cc1cc(-c2ncnn3cc(-c4cn[nH]c4)cc23)ccc1CNC(=O)OC(C)(C)C. The van der Waals surface area contributed by atoms with Crippen molar-refractivity contribution in [2.24, 2.45) is 0 Å². The minimum atomic E-state index is -0.520. The van der Waals surface area contributed by atoms with Crippen LogP contribution in [0.25, 0.3) is 27.9 Å². The molecule has 0 aliphatic carbocycles. The number of H-pyrrole nitrogens is 1. The normalized spacial score (nSPS) is 11.6. The van der Waals surface area contributed by atoms with Crippen LogP contribution in [0.15, 0.2) is 49.2 Å². The molecule has 4 aromatic rings. The molecule has 0 aliphatic heterocycles. The lowest BCUT2D eigenvalue weighted by Crippen LogP contribution is -2.32. The van der Waals surface area contributed by atoms with Crippen LogP contribution < -0.4 is 5.32 Å². The number of nitrogens with zero attached hydrogens (tertiary/aromatic N) is 4. The van der Waals surface area contributed by atoms with Gasteiger partial charge in [0.1, 0.15) is 11.9 Å². The van der Waals surface area contributed by atoms with Crippen LogP contribution in [0.3, 0.4) is 0 Å². The van der Waals surface area contributed by atoms with Gasteiger partial charge in [-0.15, -0.1) is 0 Å². The molecule has 0 spiro atoms. The largest absolute Gasteiger partial charge is 0.444 e.